The van der Waals surface area contributed by atoms with Crippen LogP contribution in [0, 0.1) is 17.0 Å². The molecule has 0 bridgehead atoms. The Morgan fingerprint density at radius 2 is 2.17 bits per heavy atom. The van der Waals surface area contributed by atoms with Crippen LogP contribution in [0.15, 0.2) is 21.5 Å². The van der Waals surface area contributed by atoms with Crippen LogP contribution >= 0.6 is 28.6 Å². The maximum atomic E-state index is 10.4. The zero-order valence-corrected chi connectivity index (χ0v) is 8.72. The number of hydrogen-bond donors (Lipinski definition) is 1. The predicted octanol–water partition coefficient (Wildman–Crippen LogP) is 2.95. The summed E-state index contributed by atoms with van der Waals surface area (Å²) in [5.74, 6) is 0. The Morgan fingerprint density at radius 1 is 1.58 bits per heavy atom. The Labute approximate surface area is 83.5 Å². The van der Waals surface area contributed by atoms with Gasteiger partial charge in [-0.15, -0.1) is 12.6 Å². The van der Waals surface area contributed by atoms with Crippen LogP contribution in [-0.2, 0) is 0 Å². The second-order valence-corrected chi connectivity index (χ2v) is 3.57. The maximum Gasteiger partial charge on any atom is 0.283 e. The van der Waals surface area contributed by atoms with Crippen LogP contribution in [0.4, 0.5) is 5.69 Å². The van der Waals surface area contributed by atoms with Crippen molar-refractivity contribution in [3.8, 4) is 0 Å². The average molecular weight is 248 g/mol. The van der Waals surface area contributed by atoms with Crippen LogP contribution in [0.3, 0.4) is 0 Å². The summed E-state index contributed by atoms with van der Waals surface area (Å²) < 4.78 is 0.500. The fraction of sp³-hybridized carbons (Fsp3) is 0.143. The molecule has 64 valence electrons. The minimum atomic E-state index is -0.426. The second kappa shape index (κ2) is 3.45. The van der Waals surface area contributed by atoms with E-state index in [1.54, 1.807) is 13.0 Å². The third-order valence-electron chi connectivity index (χ3n) is 1.53. The SMILES string of the molecule is Cc1c(S)ccc([N+](=O)[O-])c1Br. The van der Waals surface area contributed by atoms with Crippen molar-refractivity contribution in [2.75, 3.05) is 0 Å². The molecule has 0 heterocycles. The molecule has 0 amide bonds. The highest BCUT2D eigenvalue weighted by atomic mass is 79.9. The Hall–Kier alpha value is -0.550. The first-order chi connectivity index (χ1) is 5.54. The lowest BCUT2D eigenvalue weighted by Crippen LogP contribution is -1.91. The van der Waals surface area contributed by atoms with Gasteiger partial charge in [0.1, 0.15) is 0 Å². The Morgan fingerprint density at radius 3 is 2.67 bits per heavy atom. The van der Waals surface area contributed by atoms with Gasteiger partial charge in [0.2, 0.25) is 0 Å². The molecule has 0 N–H and O–H groups in total. The van der Waals surface area contributed by atoms with E-state index in [0.717, 1.165) is 10.5 Å². The van der Waals surface area contributed by atoms with Crippen LogP contribution in [0.2, 0.25) is 0 Å². The molecule has 0 aliphatic heterocycles. The molecule has 0 aliphatic rings. The standard InChI is InChI=1S/C7H6BrNO2S/c1-4-6(12)3-2-5(7(4)8)9(10)11/h2-3,12H,1H3. The first-order valence-corrected chi connectivity index (χ1v) is 4.40. The van der Waals surface area contributed by atoms with Crippen molar-refractivity contribution < 1.29 is 4.92 Å². The molecule has 0 saturated heterocycles. The van der Waals surface area contributed by atoms with Crippen molar-refractivity contribution >= 4 is 34.2 Å². The molecule has 0 radical (unpaired) electrons. The minimum absolute atomic E-state index is 0.0744. The molecule has 0 fully saturated rings. The average Bonchev–Trinajstić information content (AvgIpc) is 2.00. The number of nitro benzene ring substituents is 1. The number of rotatable bonds is 1. The monoisotopic (exact) mass is 247 g/mol. The largest absolute Gasteiger partial charge is 0.283 e. The molecule has 0 spiro atoms. The highest BCUT2D eigenvalue weighted by Crippen LogP contribution is 2.31. The summed E-state index contributed by atoms with van der Waals surface area (Å²) in [5, 5.41) is 10.4. The summed E-state index contributed by atoms with van der Waals surface area (Å²) in [6, 6.07) is 3.04. The number of thiol groups is 1. The van der Waals surface area contributed by atoms with E-state index in [2.05, 4.69) is 28.6 Å². The van der Waals surface area contributed by atoms with Crippen molar-refractivity contribution in [3.05, 3.63) is 32.3 Å². The number of hydrogen-bond acceptors (Lipinski definition) is 3. The number of benzene rings is 1. The first kappa shape index (κ1) is 9.54. The van der Waals surface area contributed by atoms with E-state index in [1.807, 2.05) is 0 Å². The topological polar surface area (TPSA) is 43.1 Å². The quantitative estimate of drug-likeness (QED) is 0.471. The van der Waals surface area contributed by atoms with Gasteiger partial charge in [0.25, 0.3) is 5.69 Å². The van der Waals surface area contributed by atoms with Gasteiger partial charge in [0.05, 0.1) is 9.40 Å². The van der Waals surface area contributed by atoms with E-state index < -0.39 is 4.92 Å². The molecule has 1 rings (SSSR count). The highest BCUT2D eigenvalue weighted by molar-refractivity contribution is 9.10. The lowest BCUT2D eigenvalue weighted by atomic mass is 10.2. The highest BCUT2D eigenvalue weighted by Gasteiger charge is 2.14. The number of nitro groups is 1. The van der Waals surface area contributed by atoms with Gasteiger partial charge in [0.15, 0.2) is 0 Å². The van der Waals surface area contributed by atoms with Crippen molar-refractivity contribution in [3.63, 3.8) is 0 Å². The molecule has 0 atom stereocenters. The van der Waals surface area contributed by atoms with E-state index in [4.69, 9.17) is 0 Å². The zero-order valence-electron chi connectivity index (χ0n) is 6.24. The summed E-state index contributed by atoms with van der Waals surface area (Å²) in [5.41, 5.74) is 0.859. The molecule has 0 saturated carbocycles. The van der Waals surface area contributed by atoms with Crippen LogP contribution in [-0.4, -0.2) is 4.92 Å². The van der Waals surface area contributed by atoms with E-state index >= 15 is 0 Å². The van der Waals surface area contributed by atoms with Gasteiger partial charge in [-0.05, 0) is 34.5 Å². The number of nitrogens with zero attached hydrogens (tertiary/aromatic N) is 1. The van der Waals surface area contributed by atoms with Gasteiger partial charge in [-0.2, -0.15) is 0 Å². The fourth-order valence-electron chi connectivity index (χ4n) is 0.802. The first-order valence-electron chi connectivity index (χ1n) is 3.16. The zero-order chi connectivity index (χ0) is 9.30. The molecule has 1 aromatic rings. The Bertz CT molecular complexity index is 340. The molecule has 1 aromatic carbocycles. The normalized spacial score (nSPS) is 9.92. The van der Waals surface area contributed by atoms with Gasteiger partial charge >= 0.3 is 0 Å². The molecule has 0 aromatic heterocycles. The van der Waals surface area contributed by atoms with Crippen molar-refractivity contribution in [2.45, 2.75) is 11.8 Å². The summed E-state index contributed by atoms with van der Waals surface area (Å²) in [6.45, 7) is 1.78. The minimum Gasteiger partial charge on any atom is -0.258 e. The van der Waals surface area contributed by atoms with E-state index in [1.165, 1.54) is 6.07 Å². The van der Waals surface area contributed by atoms with Crippen LogP contribution in [0.5, 0.6) is 0 Å². The van der Waals surface area contributed by atoms with E-state index in [0.29, 0.717) is 4.47 Å². The van der Waals surface area contributed by atoms with E-state index in [-0.39, 0.29) is 5.69 Å². The molecular weight excluding hydrogens is 242 g/mol. The van der Waals surface area contributed by atoms with Gasteiger partial charge < -0.3 is 0 Å². The summed E-state index contributed by atoms with van der Waals surface area (Å²) in [7, 11) is 0. The smallest absolute Gasteiger partial charge is 0.258 e. The summed E-state index contributed by atoms with van der Waals surface area (Å²) in [4.78, 5) is 10.8. The van der Waals surface area contributed by atoms with Crippen LogP contribution in [0.1, 0.15) is 5.56 Å². The Kier molecular flexibility index (Phi) is 2.74. The van der Waals surface area contributed by atoms with Crippen molar-refractivity contribution in [1.82, 2.24) is 0 Å². The second-order valence-electron chi connectivity index (χ2n) is 2.30. The predicted molar refractivity (Wildman–Crippen MR) is 52.8 cm³/mol. The van der Waals surface area contributed by atoms with Crippen molar-refractivity contribution in [1.29, 1.82) is 0 Å². The lowest BCUT2D eigenvalue weighted by molar-refractivity contribution is -0.385. The third kappa shape index (κ3) is 1.61. The third-order valence-corrected chi connectivity index (χ3v) is 3.02. The summed E-state index contributed by atoms with van der Waals surface area (Å²) in [6.07, 6.45) is 0. The van der Waals surface area contributed by atoms with Crippen LogP contribution < -0.4 is 0 Å². The summed E-state index contributed by atoms with van der Waals surface area (Å²) >= 11 is 7.27. The van der Waals surface area contributed by atoms with Crippen molar-refractivity contribution in [2.24, 2.45) is 0 Å². The lowest BCUT2D eigenvalue weighted by Gasteiger charge is -2.01. The van der Waals surface area contributed by atoms with Gasteiger partial charge in [-0.1, -0.05) is 0 Å². The molecule has 12 heavy (non-hydrogen) atoms. The fourth-order valence-corrected chi connectivity index (χ4v) is 1.63. The molecular formula is C7H6BrNO2S. The maximum absolute atomic E-state index is 10.4. The van der Waals surface area contributed by atoms with Gasteiger partial charge in [0, 0.05) is 11.0 Å². The van der Waals surface area contributed by atoms with Gasteiger partial charge in [-0.3, -0.25) is 10.1 Å². The molecule has 0 aliphatic carbocycles. The number of halogens is 1. The molecule has 5 heteroatoms. The van der Waals surface area contributed by atoms with Gasteiger partial charge in [-0.25, -0.2) is 0 Å². The molecule has 0 unspecified atom stereocenters. The van der Waals surface area contributed by atoms with Crippen LogP contribution in [0.25, 0.3) is 0 Å². The molecule has 3 nitrogen and oxygen atoms in total. The van der Waals surface area contributed by atoms with E-state index in [9.17, 15) is 10.1 Å². The Balaban J connectivity index is 3.36.